The molecule has 1 atom stereocenters. The Morgan fingerprint density at radius 3 is 2.90 bits per heavy atom. The minimum absolute atomic E-state index is 0.293. The van der Waals surface area contributed by atoms with Crippen molar-refractivity contribution < 1.29 is 13.9 Å². The van der Waals surface area contributed by atoms with Crippen LogP contribution >= 0.6 is 23.2 Å². The van der Waals surface area contributed by atoms with Gasteiger partial charge in [-0.3, -0.25) is 0 Å². The Balaban J connectivity index is 2.14. The van der Waals surface area contributed by atoms with Crippen molar-refractivity contribution >= 4 is 23.2 Å². The molecule has 0 fully saturated rings. The van der Waals surface area contributed by atoms with Gasteiger partial charge in [-0.15, -0.1) is 11.6 Å². The summed E-state index contributed by atoms with van der Waals surface area (Å²) in [7, 11) is 1.49. The number of benzene rings is 2. The second-order valence-corrected chi connectivity index (χ2v) is 5.67. The van der Waals surface area contributed by atoms with Crippen LogP contribution in [0.2, 0.25) is 5.02 Å². The lowest BCUT2D eigenvalue weighted by Crippen LogP contribution is -2.03. The Hall–Kier alpha value is -1.45. The summed E-state index contributed by atoms with van der Waals surface area (Å²) >= 11 is 12.7. The molecule has 0 aliphatic carbocycles. The first-order chi connectivity index (χ1) is 10.1. The first-order valence-electron chi connectivity index (χ1n) is 6.53. The molecule has 2 nitrogen and oxygen atoms in total. The predicted octanol–water partition coefficient (Wildman–Crippen LogP) is 4.75. The molecule has 0 saturated heterocycles. The van der Waals surface area contributed by atoms with E-state index in [1.165, 1.54) is 13.2 Å². The average Bonchev–Trinajstić information content (AvgIpc) is 2.93. The molecule has 0 amide bonds. The van der Waals surface area contributed by atoms with E-state index < -0.39 is 11.2 Å². The highest BCUT2D eigenvalue weighted by molar-refractivity contribution is 6.31. The fourth-order valence-corrected chi connectivity index (χ4v) is 3.21. The van der Waals surface area contributed by atoms with Gasteiger partial charge in [0.05, 0.1) is 24.7 Å². The molecule has 5 heteroatoms. The van der Waals surface area contributed by atoms with Gasteiger partial charge in [-0.1, -0.05) is 17.7 Å². The van der Waals surface area contributed by atoms with Gasteiger partial charge in [-0.25, -0.2) is 4.39 Å². The summed E-state index contributed by atoms with van der Waals surface area (Å²) in [6.45, 7) is 0.584. The standard InChI is InChI=1S/C16H13Cl2FO2/c1-20-13-4-2-3-12(19)14(13)15(18)11-8-10(17)7-9-5-6-21-16(9)11/h2-4,7-8,15H,5-6H2,1H3. The van der Waals surface area contributed by atoms with Crippen LogP contribution in [0.3, 0.4) is 0 Å². The third-order valence-corrected chi connectivity index (χ3v) is 4.21. The van der Waals surface area contributed by atoms with E-state index >= 15 is 0 Å². The van der Waals surface area contributed by atoms with Crippen LogP contribution in [0.4, 0.5) is 4.39 Å². The van der Waals surface area contributed by atoms with Gasteiger partial charge in [0.15, 0.2) is 0 Å². The van der Waals surface area contributed by atoms with Crippen LogP contribution in [0.25, 0.3) is 0 Å². The Labute approximate surface area is 132 Å². The number of rotatable bonds is 3. The summed E-state index contributed by atoms with van der Waals surface area (Å²) in [4.78, 5) is 0. The minimum atomic E-state index is -0.730. The number of hydrogen-bond acceptors (Lipinski definition) is 2. The maximum atomic E-state index is 14.2. The molecule has 2 aromatic carbocycles. The lowest BCUT2D eigenvalue weighted by molar-refractivity contribution is 0.353. The molecule has 110 valence electrons. The molecule has 1 heterocycles. The lowest BCUT2D eigenvalue weighted by Gasteiger charge is -2.18. The molecular formula is C16H13Cl2FO2. The highest BCUT2D eigenvalue weighted by Gasteiger charge is 2.27. The van der Waals surface area contributed by atoms with E-state index in [9.17, 15) is 4.39 Å². The van der Waals surface area contributed by atoms with E-state index in [0.29, 0.717) is 34.3 Å². The highest BCUT2D eigenvalue weighted by atomic mass is 35.5. The van der Waals surface area contributed by atoms with Gasteiger partial charge in [0.1, 0.15) is 17.3 Å². The number of alkyl halides is 1. The van der Waals surface area contributed by atoms with Gasteiger partial charge in [-0.2, -0.15) is 0 Å². The molecule has 0 saturated carbocycles. The predicted molar refractivity (Wildman–Crippen MR) is 81.3 cm³/mol. The van der Waals surface area contributed by atoms with Crippen molar-refractivity contribution in [3.8, 4) is 11.5 Å². The SMILES string of the molecule is COc1cccc(F)c1C(Cl)c1cc(Cl)cc2c1OCC2. The van der Waals surface area contributed by atoms with E-state index in [2.05, 4.69) is 0 Å². The van der Waals surface area contributed by atoms with Crippen molar-refractivity contribution in [2.45, 2.75) is 11.8 Å². The molecule has 1 aliphatic rings. The largest absolute Gasteiger partial charge is 0.496 e. The zero-order valence-corrected chi connectivity index (χ0v) is 12.8. The number of hydrogen-bond donors (Lipinski definition) is 0. The van der Waals surface area contributed by atoms with Gasteiger partial charge in [0.2, 0.25) is 0 Å². The number of methoxy groups -OCH3 is 1. The Kier molecular flexibility index (Phi) is 3.96. The molecule has 21 heavy (non-hydrogen) atoms. The normalized spacial score (nSPS) is 14.5. The fraction of sp³-hybridized carbons (Fsp3) is 0.250. The molecule has 0 bridgehead atoms. The van der Waals surface area contributed by atoms with Crippen LogP contribution < -0.4 is 9.47 Å². The van der Waals surface area contributed by atoms with Crippen molar-refractivity contribution in [1.29, 1.82) is 0 Å². The van der Waals surface area contributed by atoms with E-state index in [0.717, 1.165) is 12.0 Å². The van der Waals surface area contributed by atoms with Crippen molar-refractivity contribution in [3.05, 3.63) is 57.9 Å². The lowest BCUT2D eigenvalue weighted by atomic mass is 9.99. The Bertz CT molecular complexity index is 688. The molecule has 0 spiro atoms. The summed E-state index contributed by atoms with van der Waals surface area (Å²) in [6, 6.07) is 8.20. The molecule has 0 radical (unpaired) electrons. The first-order valence-corrected chi connectivity index (χ1v) is 7.35. The summed E-state index contributed by atoms with van der Waals surface area (Å²) in [5.74, 6) is 0.688. The van der Waals surface area contributed by atoms with Crippen LogP contribution in [0, 0.1) is 5.82 Å². The van der Waals surface area contributed by atoms with Crippen molar-refractivity contribution in [3.63, 3.8) is 0 Å². The molecule has 0 aromatic heterocycles. The zero-order valence-electron chi connectivity index (χ0n) is 11.3. The third kappa shape index (κ3) is 2.56. The van der Waals surface area contributed by atoms with E-state index in [-0.39, 0.29) is 0 Å². The van der Waals surface area contributed by atoms with Crippen molar-refractivity contribution in [2.24, 2.45) is 0 Å². The maximum absolute atomic E-state index is 14.2. The number of halogens is 3. The van der Waals surface area contributed by atoms with E-state index in [4.69, 9.17) is 32.7 Å². The number of fused-ring (bicyclic) bond motifs is 1. The fourth-order valence-electron chi connectivity index (χ4n) is 2.58. The molecule has 1 aliphatic heterocycles. The first kappa shape index (κ1) is 14.5. The second kappa shape index (κ2) is 5.74. The summed E-state index contributed by atoms with van der Waals surface area (Å²) in [6.07, 6.45) is 0.779. The van der Waals surface area contributed by atoms with Gasteiger partial charge in [-0.05, 0) is 29.8 Å². The summed E-state index contributed by atoms with van der Waals surface area (Å²) in [5.41, 5.74) is 1.96. The van der Waals surface area contributed by atoms with Gasteiger partial charge in [0, 0.05) is 17.0 Å². The molecule has 2 aromatic rings. The second-order valence-electron chi connectivity index (χ2n) is 4.80. The van der Waals surface area contributed by atoms with Crippen LogP contribution in [0.1, 0.15) is 22.1 Å². The quantitative estimate of drug-likeness (QED) is 0.758. The van der Waals surface area contributed by atoms with Crippen LogP contribution in [0.5, 0.6) is 11.5 Å². The Morgan fingerprint density at radius 2 is 2.14 bits per heavy atom. The highest BCUT2D eigenvalue weighted by Crippen LogP contribution is 2.44. The summed E-state index contributed by atoms with van der Waals surface area (Å²) < 4.78 is 25.0. The van der Waals surface area contributed by atoms with Crippen molar-refractivity contribution in [1.82, 2.24) is 0 Å². The Morgan fingerprint density at radius 1 is 1.33 bits per heavy atom. The minimum Gasteiger partial charge on any atom is -0.496 e. The monoisotopic (exact) mass is 326 g/mol. The maximum Gasteiger partial charge on any atom is 0.131 e. The molecular weight excluding hydrogens is 314 g/mol. The van der Waals surface area contributed by atoms with E-state index in [1.54, 1.807) is 18.2 Å². The van der Waals surface area contributed by atoms with Gasteiger partial charge in [0.25, 0.3) is 0 Å². The van der Waals surface area contributed by atoms with Crippen LogP contribution in [-0.4, -0.2) is 13.7 Å². The van der Waals surface area contributed by atoms with Gasteiger partial charge < -0.3 is 9.47 Å². The number of ether oxygens (including phenoxy) is 2. The van der Waals surface area contributed by atoms with Crippen LogP contribution in [-0.2, 0) is 6.42 Å². The van der Waals surface area contributed by atoms with Crippen LogP contribution in [0.15, 0.2) is 30.3 Å². The van der Waals surface area contributed by atoms with Crippen molar-refractivity contribution in [2.75, 3.05) is 13.7 Å². The topological polar surface area (TPSA) is 18.5 Å². The smallest absolute Gasteiger partial charge is 0.131 e. The third-order valence-electron chi connectivity index (χ3n) is 3.54. The average molecular weight is 327 g/mol. The molecule has 1 unspecified atom stereocenters. The molecule has 0 N–H and O–H groups in total. The molecule has 3 rings (SSSR count). The van der Waals surface area contributed by atoms with E-state index in [1.807, 2.05) is 6.07 Å². The zero-order chi connectivity index (χ0) is 15.0. The van der Waals surface area contributed by atoms with Gasteiger partial charge >= 0.3 is 0 Å². The summed E-state index contributed by atoms with van der Waals surface area (Å²) in [5, 5.41) is -0.165.